The van der Waals surface area contributed by atoms with Gasteiger partial charge in [-0.3, -0.25) is 4.90 Å². The van der Waals surface area contributed by atoms with E-state index >= 15 is 0 Å². The SMILES string of the molecule is Brc1cccc(OCCN2C[C@H]3CNC[C@H]3C2)c1.Cl. The van der Waals surface area contributed by atoms with Crippen molar-refractivity contribution < 1.29 is 4.74 Å². The van der Waals surface area contributed by atoms with Gasteiger partial charge in [-0.15, -0.1) is 12.4 Å². The molecule has 1 aromatic carbocycles. The van der Waals surface area contributed by atoms with E-state index in [1.54, 1.807) is 0 Å². The fourth-order valence-corrected chi connectivity index (χ4v) is 3.36. The van der Waals surface area contributed by atoms with Crippen LogP contribution in [0.4, 0.5) is 0 Å². The summed E-state index contributed by atoms with van der Waals surface area (Å²) >= 11 is 3.46. The predicted octanol–water partition coefficient (Wildman–Crippen LogP) is 2.40. The van der Waals surface area contributed by atoms with E-state index < -0.39 is 0 Å². The maximum absolute atomic E-state index is 5.78. The molecule has 0 radical (unpaired) electrons. The van der Waals surface area contributed by atoms with E-state index in [4.69, 9.17) is 4.74 Å². The van der Waals surface area contributed by atoms with E-state index in [0.717, 1.165) is 35.2 Å². The molecule has 2 aliphatic rings. The van der Waals surface area contributed by atoms with E-state index in [0.29, 0.717) is 0 Å². The minimum atomic E-state index is 0. The molecule has 2 aliphatic heterocycles. The van der Waals surface area contributed by atoms with Crippen molar-refractivity contribution in [2.45, 2.75) is 0 Å². The highest BCUT2D eigenvalue weighted by molar-refractivity contribution is 9.10. The van der Waals surface area contributed by atoms with Gasteiger partial charge < -0.3 is 10.1 Å². The molecule has 1 N–H and O–H groups in total. The van der Waals surface area contributed by atoms with Crippen LogP contribution in [-0.4, -0.2) is 44.2 Å². The molecule has 106 valence electrons. The summed E-state index contributed by atoms with van der Waals surface area (Å²) in [6.07, 6.45) is 0. The fraction of sp³-hybridized carbons (Fsp3) is 0.571. The molecule has 0 amide bonds. The van der Waals surface area contributed by atoms with E-state index in [-0.39, 0.29) is 12.4 Å². The number of ether oxygens (including phenoxy) is 1. The number of likely N-dealkylation sites (tertiary alicyclic amines) is 1. The van der Waals surface area contributed by atoms with Crippen LogP contribution >= 0.6 is 28.3 Å². The maximum Gasteiger partial charge on any atom is 0.120 e. The molecule has 2 atom stereocenters. The van der Waals surface area contributed by atoms with Gasteiger partial charge in [0.2, 0.25) is 0 Å². The second kappa shape index (κ2) is 6.93. The van der Waals surface area contributed by atoms with Crippen molar-refractivity contribution in [3.05, 3.63) is 28.7 Å². The van der Waals surface area contributed by atoms with Crippen LogP contribution in [0.2, 0.25) is 0 Å². The van der Waals surface area contributed by atoms with E-state index in [1.165, 1.54) is 26.2 Å². The van der Waals surface area contributed by atoms with Crippen LogP contribution in [0.1, 0.15) is 0 Å². The second-order valence-electron chi connectivity index (χ2n) is 5.24. The third kappa shape index (κ3) is 3.85. The first-order valence-electron chi connectivity index (χ1n) is 6.63. The average molecular weight is 348 g/mol. The Labute approximate surface area is 129 Å². The van der Waals surface area contributed by atoms with Gasteiger partial charge in [-0.25, -0.2) is 0 Å². The zero-order valence-electron chi connectivity index (χ0n) is 10.8. The molecule has 0 aliphatic carbocycles. The van der Waals surface area contributed by atoms with E-state index in [1.807, 2.05) is 24.3 Å². The van der Waals surface area contributed by atoms with Crippen molar-refractivity contribution in [1.82, 2.24) is 10.2 Å². The first-order valence-corrected chi connectivity index (χ1v) is 7.42. The number of hydrogen-bond acceptors (Lipinski definition) is 3. The molecular formula is C14H20BrClN2O. The normalized spacial score (nSPS) is 25.9. The summed E-state index contributed by atoms with van der Waals surface area (Å²) in [6.45, 7) is 6.70. The third-order valence-corrected chi connectivity index (χ3v) is 4.43. The predicted molar refractivity (Wildman–Crippen MR) is 83.2 cm³/mol. The van der Waals surface area contributed by atoms with Crippen LogP contribution in [-0.2, 0) is 0 Å². The Morgan fingerprint density at radius 1 is 1.26 bits per heavy atom. The summed E-state index contributed by atoms with van der Waals surface area (Å²) in [5, 5.41) is 3.47. The fourth-order valence-electron chi connectivity index (χ4n) is 2.98. The van der Waals surface area contributed by atoms with Gasteiger partial charge in [0.15, 0.2) is 0 Å². The van der Waals surface area contributed by atoms with Gasteiger partial charge in [0.05, 0.1) is 0 Å². The monoisotopic (exact) mass is 346 g/mol. The molecule has 2 saturated heterocycles. The highest BCUT2D eigenvalue weighted by atomic mass is 79.9. The van der Waals surface area contributed by atoms with Crippen molar-refractivity contribution >= 4 is 28.3 Å². The lowest BCUT2D eigenvalue weighted by Crippen LogP contribution is -2.29. The van der Waals surface area contributed by atoms with Crippen LogP contribution in [0.15, 0.2) is 28.7 Å². The van der Waals surface area contributed by atoms with Gasteiger partial charge in [0.1, 0.15) is 12.4 Å². The Hall–Kier alpha value is -0.290. The standard InChI is InChI=1S/C14H19BrN2O.ClH/c15-13-2-1-3-14(6-13)18-5-4-17-9-11-7-16-8-12(11)10-17;/h1-3,6,11-12,16H,4-5,7-10H2;1H/t11-,12+;. The third-order valence-electron chi connectivity index (χ3n) is 3.94. The molecule has 0 unspecified atom stereocenters. The van der Waals surface area contributed by atoms with E-state index in [2.05, 4.69) is 26.1 Å². The van der Waals surface area contributed by atoms with Crippen molar-refractivity contribution in [2.75, 3.05) is 39.3 Å². The average Bonchev–Trinajstić information content (AvgIpc) is 2.89. The van der Waals surface area contributed by atoms with Crippen LogP contribution in [0.3, 0.4) is 0 Å². The topological polar surface area (TPSA) is 24.5 Å². The number of nitrogens with zero attached hydrogens (tertiary/aromatic N) is 1. The Kier molecular flexibility index (Phi) is 5.51. The minimum Gasteiger partial charge on any atom is -0.492 e. The molecule has 0 bridgehead atoms. The smallest absolute Gasteiger partial charge is 0.120 e. The lowest BCUT2D eigenvalue weighted by molar-refractivity contribution is 0.228. The summed E-state index contributed by atoms with van der Waals surface area (Å²) in [7, 11) is 0. The lowest BCUT2D eigenvalue weighted by Gasteiger charge is -2.17. The van der Waals surface area contributed by atoms with Gasteiger partial charge in [-0.1, -0.05) is 22.0 Å². The molecule has 19 heavy (non-hydrogen) atoms. The summed E-state index contributed by atoms with van der Waals surface area (Å²) in [5.41, 5.74) is 0. The Balaban J connectivity index is 0.00000133. The van der Waals surface area contributed by atoms with Gasteiger partial charge in [-0.05, 0) is 43.1 Å². The van der Waals surface area contributed by atoms with Crippen molar-refractivity contribution in [3.8, 4) is 5.75 Å². The molecule has 0 saturated carbocycles. The number of rotatable bonds is 4. The van der Waals surface area contributed by atoms with Crippen LogP contribution in [0.25, 0.3) is 0 Å². The second-order valence-corrected chi connectivity index (χ2v) is 6.16. The van der Waals surface area contributed by atoms with Gasteiger partial charge >= 0.3 is 0 Å². The number of benzene rings is 1. The first-order chi connectivity index (χ1) is 8.81. The summed E-state index contributed by atoms with van der Waals surface area (Å²) < 4.78 is 6.85. The lowest BCUT2D eigenvalue weighted by atomic mass is 10.0. The van der Waals surface area contributed by atoms with Crippen molar-refractivity contribution in [1.29, 1.82) is 0 Å². The van der Waals surface area contributed by atoms with Crippen LogP contribution < -0.4 is 10.1 Å². The molecule has 3 nitrogen and oxygen atoms in total. The molecule has 2 fully saturated rings. The summed E-state index contributed by atoms with van der Waals surface area (Å²) in [4.78, 5) is 2.54. The highest BCUT2D eigenvalue weighted by Gasteiger charge is 2.35. The number of fused-ring (bicyclic) bond motifs is 1. The van der Waals surface area contributed by atoms with Gasteiger partial charge in [-0.2, -0.15) is 0 Å². The quantitative estimate of drug-likeness (QED) is 0.905. The van der Waals surface area contributed by atoms with Gasteiger partial charge in [0, 0.05) is 24.1 Å². The number of nitrogens with one attached hydrogen (secondary N) is 1. The zero-order valence-corrected chi connectivity index (χ0v) is 13.3. The Morgan fingerprint density at radius 2 is 2.00 bits per heavy atom. The Morgan fingerprint density at radius 3 is 2.68 bits per heavy atom. The summed E-state index contributed by atoms with van der Waals surface area (Å²) in [5.74, 6) is 2.69. The molecule has 2 heterocycles. The number of halogens is 2. The maximum atomic E-state index is 5.78. The molecular weight excluding hydrogens is 328 g/mol. The minimum absolute atomic E-state index is 0. The Bertz CT molecular complexity index is 406. The largest absolute Gasteiger partial charge is 0.492 e. The molecule has 0 aromatic heterocycles. The van der Waals surface area contributed by atoms with Gasteiger partial charge in [0.25, 0.3) is 0 Å². The van der Waals surface area contributed by atoms with E-state index in [9.17, 15) is 0 Å². The molecule has 0 spiro atoms. The van der Waals surface area contributed by atoms with Crippen LogP contribution in [0, 0.1) is 11.8 Å². The molecule has 1 aromatic rings. The highest BCUT2D eigenvalue weighted by Crippen LogP contribution is 2.26. The zero-order chi connectivity index (χ0) is 12.4. The molecule has 3 rings (SSSR count). The van der Waals surface area contributed by atoms with Crippen LogP contribution in [0.5, 0.6) is 5.75 Å². The first kappa shape index (κ1) is 15.1. The number of hydrogen-bond donors (Lipinski definition) is 1. The summed E-state index contributed by atoms with van der Waals surface area (Å²) in [6, 6.07) is 8.04. The van der Waals surface area contributed by atoms with Crippen molar-refractivity contribution in [3.63, 3.8) is 0 Å². The van der Waals surface area contributed by atoms with Crippen molar-refractivity contribution in [2.24, 2.45) is 11.8 Å². The molecule has 5 heteroatoms.